The first-order chi connectivity index (χ1) is 4.86. The van der Waals surface area contributed by atoms with Crippen LogP contribution in [0, 0.1) is 0 Å². The van der Waals surface area contributed by atoms with Gasteiger partial charge in [-0.05, 0) is 13.8 Å². The van der Waals surface area contributed by atoms with Gasteiger partial charge in [-0.1, -0.05) is 0 Å². The van der Waals surface area contributed by atoms with Gasteiger partial charge in [0.1, 0.15) is 12.2 Å². The van der Waals surface area contributed by atoms with Gasteiger partial charge in [0.25, 0.3) is 0 Å². The lowest BCUT2D eigenvalue weighted by Crippen LogP contribution is -2.42. The number of nitrogens with two attached hydrogens (primary N) is 1. The Bertz CT molecular complexity index is 144. The van der Waals surface area contributed by atoms with Crippen LogP contribution < -0.4 is 5.73 Å². The van der Waals surface area contributed by atoms with Gasteiger partial charge in [-0.25, -0.2) is 4.79 Å². The summed E-state index contributed by atoms with van der Waals surface area (Å²) in [6.45, 7) is 2.44. The van der Waals surface area contributed by atoms with E-state index in [1.807, 2.05) is 0 Å². The SMILES string of the molecule is CC(O)C(C)(O)COC(N)=O. The Hall–Kier alpha value is -0.810. The van der Waals surface area contributed by atoms with E-state index in [1.54, 1.807) is 0 Å². The Morgan fingerprint density at radius 2 is 2.27 bits per heavy atom. The molecule has 0 bridgehead atoms. The van der Waals surface area contributed by atoms with Gasteiger partial charge in [0.2, 0.25) is 0 Å². The molecule has 0 saturated heterocycles. The molecule has 0 fully saturated rings. The zero-order valence-electron chi connectivity index (χ0n) is 6.57. The third-order valence-corrected chi connectivity index (χ3v) is 1.41. The highest BCUT2D eigenvalue weighted by Crippen LogP contribution is 2.09. The molecule has 5 nitrogen and oxygen atoms in total. The molecule has 4 N–H and O–H groups in total. The summed E-state index contributed by atoms with van der Waals surface area (Å²) in [5, 5.41) is 18.2. The summed E-state index contributed by atoms with van der Waals surface area (Å²) in [4.78, 5) is 10.1. The highest BCUT2D eigenvalue weighted by atomic mass is 16.6. The van der Waals surface area contributed by atoms with Crippen LogP contribution in [0.15, 0.2) is 0 Å². The molecule has 0 heterocycles. The summed E-state index contributed by atoms with van der Waals surface area (Å²) in [6, 6.07) is 0. The fourth-order valence-electron chi connectivity index (χ4n) is 0.338. The Balaban J connectivity index is 3.82. The van der Waals surface area contributed by atoms with E-state index >= 15 is 0 Å². The zero-order valence-corrected chi connectivity index (χ0v) is 6.57. The molecular formula is C6H13NO4. The molecule has 0 aromatic carbocycles. The van der Waals surface area contributed by atoms with Crippen molar-refractivity contribution in [1.82, 2.24) is 0 Å². The molecule has 0 aliphatic carbocycles. The van der Waals surface area contributed by atoms with Crippen LogP contribution in [-0.2, 0) is 4.74 Å². The predicted molar refractivity (Wildman–Crippen MR) is 37.8 cm³/mol. The van der Waals surface area contributed by atoms with Crippen molar-refractivity contribution < 1.29 is 19.7 Å². The number of aliphatic hydroxyl groups is 2. The predicted octanol–water partition coefficient (Wildman–Crippen LogP) is -0.787. The monoisotopic (exact) mass is 163 g/mol. The van der Waals surface area contributed by atoms with Crippen molar-refractivity contribution in [3.63, 3.8) is 0 Å². The number of primary amides is 1. The highest BCUT2D eigenvalue weighted by molar-refractivity contribution is 5.64. The third-order valence-electron chi connectivity index (χ3n) is 1.41. The maximum absolute atomic E-state index is 10.1. The fraction of sp³-hybridized carbons (Fsp3) is 0.833. The molecule has 0 rings (SSSR count). The molecule has 0 aliphatic heterocycles. The minimum Gasteiger partial charge on any atom is -0.447 e. The topological polar surface area (TPSA) is 92.8 Å². The minimum absolute atomic E-state index is 0.306. The second kappa shape index (κ2) is 3.54. The minimum atomic E-state index is -1.44. The van der Waals surface area contributed by atoms with E-state index in [2.05, 4.69) is 10.5 Å². The number of carbonyl (C=O) groups excluding carboxylic acids is 1. The summed E-state index contributed by atoms with van der Waals surface area (Å²) >= 11 is 0. The standard InChI is InChI=1S/C6H13NO4/c1-4(8)6(2,10)3-11-5(7)9/h4,8,10H,3H2,1-2H3,(H2,7,9). The lowest BCUT2D eigenvalue weighted by molar-refractivity contribution is -0.0853. The summed E-state index contributed by atoms with van der Waals surface area (Å²) < 4.78 is 4.30. The van der Waals surface area contributed by atoms with Gasteiger partial charge in [0.05, 0.1) is 6.10 Å². The van der Waals surface area contributed by atoms with Crippen LogP contribution in [0.5, 0.6) is 0 Å². The number of amides is 1. The van der Waals surface area contributed by atoms with Crippen molar-refractivity contribution >= 4 is 6.09 Å². The molecule has 2 atom stereocenters. The number of carbonyl (C=O) groups is 1. The van der Waals surface area contributed by atoms with E-state index in [4.69, 9.17) is 5.11 Å². The smallest absolute Gasteiger partial charge is 0.404 e. The first-order valence-electron chi connectivity index (χ1n) is 3.19. The Labute approximate surface area is 64.8 Å². The lowest BCUT2D eigenvalue weighted by atomic mass is 10.0. The van der Waals surface area contributed by atoms with Gasteiger partial charge in [0, 0.05) is 0 Å². The van der Waals surface area contributed by atoms with Crippen molar-refractivity contribution in [1.29, 1.82) is 0 Å². The van der Waals surface area contributed by atoms with Gasteiger partial charge < -0.3 is 20.7 Å². The van der Waals surface area contributed by atoms with Crippen molar-refractivity contribution in [3.8, 4) is 0 Å². The number of hydrogen-bond donors (Lipinski definition) is 3. The zero-order chi connectivity index (χ0) is 9.07. The molecule has 1 amide bonds. The summed E-state index contributed by atoms with van der Waals surface area (Å²) in [5.41, 5.74) is 3.21. The lowest BCUT2D eigenvalue weighted by Gasteiger charge is -2.25. The molecule has 5 heteroatoms. The number of rotatable bonds is 3. The van der Waals surface area contributed by atoms with Gasteiger partial charge in [-0.15, -0.1) is 0 Å². The fourth-order valence-corrected chi connectivity index (χ4v) is 0.338. The van der Waals surface area contributed by atoms with Crippen LogP contribution in [0.1, 0.15) is 13.8 Å². The summed E-state index contributed by atoms with van der Waals surface area (Å²) in [7, 11) is 0. The molecule has 0 radical (unpaired) electrons. The Kier molecular flexibility index (Phi) is 3.28. The van der Waals surface area contributed by atoms with Crippen molar-refractivity contribution in [2.45, 2.75) is 25.6 Å². The van der Waals surface area contributed by atoms with E-state index in [0.29, 0.717) is 0 Å². The van der Waals surface area contributed by atoms with Crippen LogP contribution in [0.25, 0.3) is 0 Å². The second-order valence-electron chi connectivity index (χ2n) is 2.64. The number of ether oxygens (including phenoxy) is 1. The molecule has 66 valence electrons. The largest absolute Gasteiger partial charge is 0.447 e. The molecule has 0 spiro atoms. The second-order valence-corrected chi connectivity index (χ2v) is 2.64. The number of hydrogen-bond acceptors (Lipinski definition) is 4. The van der Waals surface area contributed by atoms with Crippen molar-refractivity contribution in [2.75, 3.05) is 6.61 Å². The quantitative estimate of drug-likeness (QED) is 0.508. The van der Waals surface area contributed by atoms with Crippen LogP contribution >= 0.6 is 0 Å². The molecule has 11 heavy (non-hydrogen) atoms. The van der Waals surface area contributed by atoms with Crippen LogP contribution in [0.3, 0.4) is 0 Å². The van der Waals surface area contributed by atoms with E-state index in [-0.39, 0.29) is 6.61 Å². The van der Waals surface area contributed by atoms with Crippen LogP contribution in [0.2, 0.25) is 0 Å². The Morgan fingerprint density at radius 1 is 1.82 bits per heavy atom. The van der Waals surface area contributed by atoms with Gasteiger partial charge >= 0.3 is 6.09 Å². The molecule has 0 aromatic heterocycles. The van der Waals surface area contributed by atoms with Crippen molar-refractivity contribution in [3.05, 3.63) is 0 Å². The molecule has 0 aliphatic rings. The van der Waals surface area contributed by atoms with E-state index in [1.165, 1.54) is 13.8 Å². The van der Waals surface area contributed by atoms with Crippen LogP contribution in [0.4, 0.5) is 4.79 Å². The third kappa shape index (κ3) is 3.79. The average Bonchev–Trinajstić information content (AvgIpc) is 1.84. The first kappa shape index (κ1) is 10.2. The van der Waals surface area contributed by atoms with Gasteiger partial charge in [-0.2, -0.15) is 0 Å². The van der Waals surface area contributed by atoms with Gasteiger partial charge in [-0.3, -0.25) is 0 Å². The molecule has 2 unspecified atom stereocenters. The molecule has 0 saturated carbocycles. The Morgan fingerprint density at radius 3 is 2.55 bits per heavy atom. The normalized spacial score (nSPS) is 18.5. The van der Waals surface area contributed by atoms with E-state index < -0.39 is 17.8 Å². The highest BCUT2D eigenvalue weighted by Gasteiger charge is 2.28. The summed E-state index contributed by atoms with van der Waals surface area (Å²) in [6.07, 6.45) is -1.94. The van der Waals surface area contributed by atoms with Crippen LogP contribution in [-0.4, -0.2) is 34.6 Å². The summed E-state index contributed by atoms with van der Waals surface area (Å²) in [5.74, 6) is 0. The van der Waals surface area contributed by atoms with Gasteiger partial charge in [0.15, 0.2) is 0 Å². The van der Waals surface area contributed by atoms with E-state index in [0.717, 1.165) is 0 Å². The maximum atomic E-state index is 10.1. The average molecular weight is 163 g/mol. The van der Waals surface area contributed by atoms with E-state index in [9.17, 15) is 9.90 Å². The molecular weight excluding hydrogens is 150 g/mol. The first-order valence-corrected chi connectivity index (χ1v) is 3.19. The van der Waals surface area contributed by atoms with Crippen molar-refractivity contribution in [2.24, 2.45) is 5.73 Å². The molecule has 0 aromatic rings. The maximum Gasteiger partial charge on any atom is 0.404 e. The number of aliphatic hydroxyl groups excluding tert-OH is 1.